The highest BCUT2D eigenvalue weighted by atomic mass is 16.5. The predicted octanol–water partition coefficient (Wildman–Crippen LogP) is 0.541. The molecule has 3 atom stereocenters. The smallest absolute Gasteiger partial charge is 0.239 e. The van der Waals surface area contributed by atoms with Gasteiger partial charge >= 0.3 is 0 Å². The van der Waals surface area contributed by atoms with Gasteiger partial charge in [0.15, 0.2) is 0 Å². The molecule has 1 amide bonds. The van der Waals surface area contributed by atoms with Crippen LogP contribution in [0.1, 0.15) is 26.7 Å². The van der Waals surface area contributed by atoms with Crippen molar-refractivity contribution in [3.05, 3.63) is 0 Å². The molecule has 116 valence electrons. The molecule has 0 unspecified atom stereocenters. The third-order valence-electron chi connectivity index (χ3n) is 4.77. The van der Waals surface area contributed by atoms with Crippen LogP contribution in [0, 0.1) is 11.8 Å². The van der Waals surface area contributed by atoms with Crippen molar-refractivity contribution in [2.45, 2.75) is 32.7 Å². The Kier molecular flexibility index (Phi) is 5.81. The average Bonchev–Trinajstić information content (AvgIpc) is 2.98. The number of hydrogen-bond donors (Lipinski definition) is 1. The van der Waals surface area contributed by atoms with Gasteiger partial charge in [0.2, 0.25) is 5.91 Å². The molecule has 2 aliphatic heterocycles. The van der Waals surface area contributed by atoms with E-state index >= 15 is 0 Å². The molecule has 2 aliphatic rings. The number of ether oxygens (including phenoxy) is 1. The van der Waals surface area contributed by atoms with Gasteiger partial charge in [-0.05, 0) is 18.3 Å². The van der Waals surface area contributed by atoms with Crippen molar-refractivity contribution < 1.29 is 9.53 Å². The van der Waals surface area contributed by atoms with Gasteiger partial charge in [-0.25, -0.2) is 0 Å². The number of hydrogen-bond acceptors (Lipinski definition) is 4. The van der Waals surface area contributed by atoms with E-state index in [2.05, 4.69) is 18.7 Å². The van der Waals surface area contributed by atoms with Crippen LogP contribution in [-0.2, 0) is 9.53 Å². The predicted molar refractivity (Wildman–Crippen MR) is 79.4 cm³/mol. The SMILES string of the molecule is CC[C@H](C)[C@@H](N)C(=O)N1CCN(C[C@@H]2CCOC2)CC1. The largest absolute Gasteiger partial charge is 0.381 e. The van der Waals surface area contributed by atoms with Gasteiger partial charge in [-0.1, -0.05) is 20.3 Å². The third-order valence-corrected chi connectivity index (χ3v) is 4.77. The molecule has 2 saturated heterocycles. The number of nitrogens with zero attached hydrogens (tertiary/aromatic N) is 2. The highest BCUT2D eigenvalue weighted by molar-refractivity contribution is 5.82. The van der Waals surface area contributed by atoms with Crippen LogP contribution in [-0.4, -0.2) is 67.7 Å². The Morgan fingerprint density at radius 3 is 2.60 bits per heavy atom. The van der Waals surface area contributed by atoms with E-state index in [1.807, 2.05) is 4.90 Å². The summed E-state index contributed by atoms with van der Waals surface area (Å²) in [4.78, 5) is 16.7. The van der Waals surface area contributed by atoms with Gasteiger partial charge in [-0.15, -0.1) is 0 Å². The molecule has 0 aromatic rings. The summed E-state index contributed by atoms with van der Waals surface area (Å²) in [6.07, 6.45) is 2.13. The minimum Gasteiger partial charge on any atom is -0.381 e. The second kappa shape index (κ2) is 7.38. The van der Waals surface area contributed by atoms with Crippen LogP contribution in [0.3, 0.4) is 0 Å². The Balaban J connectivity index is 1.74. The Morgan fingerprint density at radius 1 is 1.35 bits per heavy atom. The van der Waals surface area contributed by atoms with Crippen molar-refractivity contribution >= 4 is 5.91 Å². The minimum atomic E-state index is -0.338. The van der Waals surface area contributed by atoms with E-state index in [0.717, 1.165) is 52.4 Å². The maximum atomic E-state index is 12.3. The number of piperazine rings is 1. The molecule has 0 aromatic heterocycles. The van der Waals surface area contributed by atoms with E-state index in [1.54, 1.807) is 0 Å². The number of rotatable bonds is 5. The van der Waals surface area contributed by atoms with Gasteiger partial charge in [0.1, 0.15) is 0 Å². The topological polar surface area (TPSA) is 58.8 Å². The van der Waals surface area contributed by atoms with Gasteiger partial charge in [0.25, 0.3) is 0 Å². The van der Waals surface area contributed by atoms with Crippen molar-refractivity contribution in [1.82, 2.24) is 9.80 Å². The van der Waals surface area contributed by atoms with Crippen LogP contribution in [0.4, 0.5) is 0 Å². The first-order valence-corrected chi connectivity index (χ1v) is 7.96. The number of nitrogens with two attached hydrogens (primary N) is 1. The molecule has 2 heterocycles. The highest BCUT2D eigenvalue weighted by Crippen LogP contribution is 2.16. The fourth-order valence-corrected chi connectivity index (χ4v) is 2.95. The molecule has 0 aliphatic carbocycles. The lowest BCUT2D eigenvalue weighted by atomic mass is 9.98. The minimum absolute atomic E-state index is 0.128. The Hall–Kier alpha value is -0.650. The summed E-state index contributed by atoms with van der Waals surface area (Å²) in [5, 5.41) is 0. The molecular formula is C15H29N3O2. The lowest BCUT2D eigenvalue weighted by Gasteiger charge is -2.37. The number of amides is 1. The number of carbonyl (C=O) groups is 1. The molecule has 2 N–H and O–H groups in total. The zero-order valence-corrected chi connectivity index (χ0v) is 12.9. The monoisotopic (exact) mass is 283 g/mol. The van der Waals surface area contributed by atoms with Gasteiger partial charge in [0.05, 0.1) is 12.6 Å². The van der Waals surface area contributed by atoms with Crippen molar-refractivity contribution in [2.24, 2.45) is 17.6 Å². The van der Waals surface area contributed by atoms with E-state index in [9.17, 15) is 4.79 Å². The molecule has 0 aromatic carbocycles. The van der Waals surface area contributed by atoms with E-state index in [1.165, 1.54) is 6.42 Å². The van der Waals surface area contributed by atoms with Crippen LogP contribution >= 0.6 is 0 Å². The summed E-state index contributed by atoms with van der Waals surface area (Å²) in [6.45, 7) is 10.6. The highest BCUT2D eigenvalue weighted by Gasteiger charge is 2.28. The van der Waals surface area contributed by atoms with Crippen LogP contribution in [0.5, 0.6) is 0 Å². The van der Waals surface area contributed by atoms with E-state index < -0.39 is 0 Å². The summed E-state index contributed by atoms with van der Waals surface area (Å²) in [6, 6.07) is -0.338. The first-order chi connectivity index (χ1) is 9.61. The first-order valence-electron chi connectivity index (χ1n) is 7.96. The molecule has 0 spiro atoms. The average molecular weight is 283 g/mol. The Bertz CT molecular complexity index is 310. The van der Waals surface area contributed by atoms with Crippen LogP contribution in [0.15, 0.2) is 0 Å². The molecule has 0 bridgehead atoms. The molecule has 0 radical (unpaired) electrons. The van der Waals surface area contributed by atoms with Crippen molar-refractivity contribution in [3.8, 4) is 0 Å². The Labute approximate surface area is 122 Å². The molecule has 0 saturated carbocycles. The van der Waals surface area contributed by atoms with Crippen LogP contribution in [0.2, 0.25) is 0 Å². The summed E-state index contributed by atoms with van der Waals surface area (Å²) in [5.41, 5.74) is 6.05. The molecule has 20 heavy (non-hydrogen) atoms. The quantitative estimate of drug-likeness (QED) is 0.800. The standard InChI is InChI=1S/C15H29N3O2/c1-3-12(2)14(16)15(19)18-7-5-17(6-8-18)10-13-4-9-20-11-13/h12-14H,3-11,16H2,1-2H3/t12-,13-,14+/m0/s1. The first kappa shape index (κ1) is 15.7. The molecule has 5 nitrogen and oxygen atoms in total. The van der Waals surface area contributed by atoms with Crippen molar-refractivity contribution in [2.75, 3.05) is 45.9 Å². The Morgan fingerprint density at radius 2 is 2.05 bits per heavy atom. The van der Waals surface area contributed by atoms with Crippen LogP contribution in [0.25, 0.3) is 0 Å². The summed E-state index contributed by atoms with van der Waals surface area (Å²) >= 11 is 0. The van der Waals surface area contributed by atoms with E-state index in [-0.39, 0.29) is 17.9 Å². The van der Waals surface area contributed by atoms with Gasteiger partial charge in [-0.2, -0.15) is 0 Å². The summed E-state index contributed by atoms with van der Waals surface area (Å²) in [5.74, 6) is 1.07. The fourth-order valence-electron chi connectivity index (χ4n) is 2.95. The van der Waals surface area contributed by atoms with Gasteiger partial charge in [0, 0.05) is 39.3 Å². The zero-order valence-electron chi connectivity index (χ0n) is 12.9. The molecule has 5 heteroatoms. The van der Waals surface area contributed by atoms with Gasteiger partial charge < -0.3 is 15.4 Å². The fraction of sp³-hybridized carbons (Fsp3) is 0.933. The zero-order chi connectivity index (χ0) is 14.5. The summed E-state index contributed by atoms with van der Waals surface area (Å²) < 4.78 is 5.42. The van der Waals surface area contributed by atoms with E-state index in [0.29, 0.717) is 5.92 Å². The maximum Gasteiger partial charge on any atom is 0.239 e. The third kappa shape index (κ3) is 3.93. The number of carbonyl (C=O) groups excluding carboxylic acids is 1. The van der Waals surface area contributed by atoms with Crippen molar-refractivity contribution in [3.63, 3.8) is 0 Å². The molecule has 2 fully saturated rings. The normalized spacial score (nSPS) is 27.6. The second-order valence-electron chi connectivity index (χ2n) is 6.27. The maximum absolute atomic E-state index is 12.3. The van der Waals surface area contributed by atoms with Crippen molar-refractivity contribution in [1.29, 1.82) is 0 Å². The summed E-state index contributed by atoms with van der Waals surface area (Å²) in [7, 11) is 0. The van der Waals surface area contributed by atoms with E-state index in [4.69, 9.17) is 10.5 Å². The molecular weight excluding hydrogens is 254 g/mol. The lowest BCUT2D eigenvalue weighted by molar-refractivity contribution is -0.135. The van der Waals surface area contributed by atoms with Gasteiger partial charge in [-0.3, -0.25) is 9.69 Å². The lowest BCUT2D eigenvalue weighted by Crippen LogP contribution is -2.55. The van der Waals surface area contributed by atoms with Crippen LogP contribution < -0.4 is 5.73 Å². The second-order valence-corrected chi connectivity index (χ2v) is 6.27. The molecule has 2 rings (SSSR count).